The van der Waals surface area contributed by atoms with E-state index < -0.39 is 0 Å². The molecular formula is C17H22N4S. The van der Waals surface area contributed by atoms with Crippen LogP contribution in [-0.2, 0) is 12.8 Å². The molecule has 1 aromatic heterocycles. The van der Waals surface area contributed by atoms with Crippen LogP contribution in [0.15, 0.2) is 48.8 Å². The Bertz CT molecular complexity index is 583. The van der Waals surface area contributed by atoms with Crippen LogP contribution >= 0.6 is 12.2 Å². The maximum atomic E-state index is 5.45. The summed E-state index contributed by atoms with van der Waals surface area (Å²) in [7, 11) is 2.15. The van der Waals surface area contributed by atoms with Gasteiger partial charge in [0.2, 0.25) is 0 Å². The fourth-order valence-electron chi connectivity index (χ4n) is 2.19. The molecule has 0 unspecified atom stereocenters. The number of rotatable bonds is 7. The van der Waals surface area contributed by atoms with Gasteiger partial charge >= 0.3 is 0 Å². The van der Waals surface area contributed by atoms with Crippen molar-refractivity contribution in [3.63, 3.8) is 0 Å². The van der Waals surface area contributed by atoms with Gasteiger partial charge in [-0.25, -0.2) is 0 Å². The first kappa shape index (κ1) is 16.4. The normalized spacial score (nSPS) is 10.6. The third kappa shape index (κ3) is 5.79. The molecule has 1 heterocycles. The molecule has 0 radical (unpaired) electrons. The van der Waals surface area contributed by atoms with Crippen LogP contribution in [0.2, 0.25) is 0 Å². The fraction of sp³-hybridized carbons (Fsp3) is 0.294. The third-order valence-corrected chi connectivity index (χ3v) is 3.61. The van der Waals surface area contributed by atoms with Gasteiger partial charge in [-0.2, -0.15) is 0 Å². The standard InChI is InChI=1S/C17H22N4S/c1-21(12-9-15-3-2-10-19-13-15)11-8-14-4-6-16(7-5-14)20-17(18)22/h2-7,10,13H,8-9,11-12H2,1H3,(H3,18,20,22). The van der Waals surface area contributed by atoms with Gasteiger partial charge in [0.1, 0.15) is 0 Å². The molecule has 4 nitrogen and oxygen atoms in total. The lowest BCUT2D eigenvalue weighted by atomic mass is 10.1. The lowest BCUT2D eigenvalue weighted by Crippen LogP contribution is -2.23. The van der Waals surface area contributed by atoms with Gasteiger partial charge in [0.25, 0.3) is 0 Å². The number of nitrogens with one attached hydrogen (secondary N) is 1. The van der Waals surface area contributed by atoms with E-state index in [1.165, 1.54) is 11.1 Å². The van der Waals surface area contributed by atoms with E-state index in [-0.39, 0.29) is 0 Å². The van der Waals surface area contributed by atoms with Crippen molar-refractivity contribution in [1.82, 2.24) is 9.88 Å². The first-order valence-corrected chi connectivity index (χ1v) is 7.77. The summed E-state index contributed by atoms with van der Waals surface area (Å²) >= 11 is 4.82. The van der Waals surface area contributed by atoms with Crippen molar-refractivity contribution in [2.75, 3.05) is 25.5 Å². The Hall–Kier alpha value is -1.98. The van der Waals surface area contributed by atoms with Crippen LogP contribution in [0.3, 0.4) is 0 Å². The molecule has 5 heteroatoms. The average molecular weight is 314 g/mol. The number of pyridine rings is 1. The summed E-state index contributed by atoms with van der Waals surface area (Å²) in [5, 5.41) is 3.22. The van der Waals surface area contributed by atoms with Gasteiger partial charge in [-0.1, -0.05) is 18.2 Å². The van der Waals surface area contributed by atoms with Crippen LogP contribution in [0.4, 0.5) is 5.69 Å². The van der Waals surface area contributed by atoms with Gasteiger partial charge in [-0.05, 0) is 61.4 Å². The highest BCUT2D eigenvalue weighted by Gasteiger charge is 2.01. The summed E-state index contributed by atoms with van der Waals surface area (Å²) in [5.41, 5.74) is 8.97. The van der Waals surface area contributed by atoms with Crippen molar-refractivity contribution in [3.05, 3.63) is 59.9 Å². The van der Waals surface area contributed by atoms with Crippen molar-refractivity contribution in [2.24, 2.45) is 5.73 Å². The first-order chi connectivity index (χ1) is 10.6. The van der Waals surface area contributed by atoms with Gasteiger partial charge in [0, 0.05) is 31.2 Å². The minimum atomic E-state index is 0.294. The molecule has 116 valence electrons. The van der Waals surface area contributed by atoms with Crippen LogP contribution < -0.4 is 11.1 Å². The van der Waals surface area contributed by atoms with E-state index in [2.05, 4.69) is 40.4 Å². The van der Waals surface area contributed by atoms with Gasteiger partial charge < -0.3 is 16.0 Å². The Morgan fingerprint density at radius 3 is 2.41 bits per heavy atom. The molecule has 0 saturated heterocycles. The van der Waals surface area contributed by atoms with Crippen molar-refractivity contribution < 1.29 is 0 Å². The van der Waals surface area contributed by atoms with Gasteiger partial charge in [0.05, 0.1) is 0 Å². The summed E-state index contributed by atoms with van der Waals surface area (Å²) in [4.78, 5) is 6.48. The van der Waals surface area contributed by atoms with Crippen LogP contribution in [0.25, 0.3) is 0 Å². The fourth-order valence-corrected chi connectivity index (χ4v) is 2.31. The number of likely N-dealkylation sites (N-methyl/N-ethyl adjacent to an activating group) is 1. The molecule has 2 aromatic rings. The molecule has 0 saturated carbocycles. The third-order valence-electron chi connectivity index (χ3n) is 3.51. The zero-order chi connectivity index (χ0) is 15.8. The summed E-state index contributed by atoms with van der Waals surface area (Å²) in [6.07, 6.45) is 5.79. The van der Waals surface area contributed by atoms with E-state index in [0.29, 0.717) is 5.11 Å². The summed E-state index contributed by atoms with van der Waals surface area (Å²) < 4.78 is 0. The van der Waals surface area contributed by atoms with Crippen LogP contribution in [0.1, 0.15) is 11.1 Å². The molecule has 22 heavy (non-hydrogen) atoms. The lowest BCUT2D eigenvalue weighted by molar-refractivity contribution is 0.343. The Morgan fingerprint density at radius 2 is 1.82 bits per heavy atom. The number of benzene rings is 1. The Labute approximate surface area is 137 Å². The Balaban J connectivity index is 1.73. The molecule has 0 spiro atoms. The second-order valence-corrected chi connectivity index (χ2v) is 5.79. The van der Waals surface area contributed by atoms with Crippen molar-refractivity contribution in [2.45, 2.75) is 12.8 Å². The Morgan fingerprint density at radius 1 is 1.14 bits per heavy atom. The molecule has 3 N–H and O–H groups in total. The molecule has 0 amide bonds. The second kappa shape index (κ2) is 8.46. The molecule has 1 aromatic carbocycles. The van der Waals surface area contributed by atoms with Crippen LogP contribution in [0, 0.1) is 0 Å². The molecule has 0 bridgehead atoms. The molecule has 0 fully saturated rings. The second-order valence-electron chi connectivity index (χ2n) is 5.35. The molecule has 0 atom stereocenters. The SMILES string of the molecule is CN(CCc1ccc(NC(N)=S)cc1)CCc1cccnc1. The lowest BCUT2D eigenvalue weighted by Gasteiger charge is -2.16. The average Bonchev–Trinajstić information content (AvgIpc) is 2.53. The monoisotopic (exact) mass is 314 g/mol. The number of nitrogens with two attached hydrogens (primary N) is 1. The molecule has 0 aliphatic rings. The predicted molar refractivity (Wildman–Crippen MR) is 96.0 cm³/mol. The zero-order valence-electron chi connectivity index (χ0n) is 12.8. The molecule has 2 rings (SSSR count). The highest BCUT2D eigenvalue weighted by Crippen LogP contribution is 2.10. The topological polar surface area (TPSA) is 54.2 Å². The number of aromatic nitrogens is 1. The number of anilines is 1. The maximum absolute atomic E-state index is 5.45. The summed E-state index contributed by atoms with van der Waals surface area (Å²) in [6.45, 7) is 2.06. The highest BCUT2D eigenvalue weighted by atomic mass is 32.1. The maximum Gasteiger partial charge on any atom is 0.168 e. The van der Waals surface area contributed by atoms with Gasteiger partial charge in [-0.3, -0.25) is 4.98 Å². The molecular weight excluding hydrogens is 292 g/mol. The van der Waals surface area contributed by atoms with E-state index >= 15 is 0 Å². The molecule has 0 aliphatic heterocycles. The highest BCUT2D eigenvalue weighted by molar-refractivity contribution is 7.80. The molecule has 0 aliphatic carbocycles. The Kier molecular flexibility index (Phi) is 6.30. The van der Waals surface area contributed by atoms with Gasteiger partial charge in [0.15, 0.2) is 5.11 Å². The van der Waals surface area contributed by atoms with Crippen LogP contribution in [-0.4, -0.2) is 35.1 Å². The first-order valence-electron chi connectivity index (χ1n) is 7.36. The van der Waals surface area contributed by atoms with E-state index in [0.717, 1.165) is 31.6 Å². The van der Waals surface area contributed by atoms with Crippen molar-refractivity contribution in [1.29, 1.82) is 0 Å². The predicted octanol–water partition coefficient (Wildman–Crippen LogP) is 2.45. The van der Waals surface area contributed by atoms with E-state index in [4.69, 9.17) is 18.0 Å². The van der Waals surface area contributed by atoms with E-state index in [1.807, 2.05) is 30.6 Å². The number of hydrogen-bond donors (Lipinski definition) is 2. The minimum absolute atomic E-state index is 0.294. The quantitative estimate of drug-likeness (QED) is 0.769. The smallest absolute Gasteiger partial charge is 0.168 e. The number of hydrogen-bond acceptors (Lipinski definition) is 3. The van der Waals surface area contributed by atoms with E-state index in [9.17, 15) is 0 Å². The van der Waals surface area contributed by atoms with E-state index in [1.54, 1.807) is 0 Å². The summed E-state index contributed by atoms with van der Waals surface area (Å²) in [5.74, 6) is 0. The van der Waals surface area contributed by atoms with Gasteiger partial charge in [-0.15, -0.1) is 0 Å². The zero-order valence-corrected chi connectivity index (χ0v) is 13.6. The number of thiocarbonyl (C=S) groups is 1. The van der Waals surface area contributed by atoms with Crippen molar-refractivity contribution >= 4 is 23.0 Å². The summed E-state index contributed by atoms with van der Waals surface area (Å²) in [6, 6.07) is 12.3. The van der Waals surface area contributed by atoms with Crippen molar-refractivity contribution in [3.8, 4) is 0 Å². The van der Waals surface area contributed by atoms with Crippen LogP contribution in [0.5, 0.6) is 0 Å². The minimum Gasteiger partial charge on any atom is -0.376 e. The largest absolute Gasteiger partial charge is 0.376 e. The number of nitrogens with zero attached hydrogens (tertiary/aromatic N) is 2.